The number of aryl methyl sites for hydroxylation is 1. The van der Waals surface area contributed by atoms with E-state index in [9.17, 15) is 9.59 Å². The molecule has 9 nitrogen and oxygen atoms in total. The maximum atomic E-state index is 13.5. The monoisotopic (exact) mass is 552 g/mol. The molecule has 0 atom stereocenters. The second kappa shape index (κ2) is 10.9. The molecule has 0 aliphatic carbocycles. The van der Waals surface area contributed by atoms with E-state index >= 15 is 0 Å². The van der Waals surface area contributed by atoms with Crippen LogP contribution in [0, 0.1) is 0 Å². The number of nitrogens with zero attached hydrogens (tertiary/aromatic N) is 5. The molecule has 2 aromatic carbocycles. The van der Waals surface area contributed by atoms with Crippen LogP contribution in [-0.2, 0) is 35.6 Å². The van der Waals surface area contributed by atoms with E-state index in [1.165, 1.54) is 4.88 Å². The first-order valence-corrected chi connectivity index (χ1v) is 14.1. The standard InChI is InChI=1S/C30H28N6O3S/c1-3-21-15-22-28(19-10-6-5-7-11-19)31-16-25-33-34-26(36(25)30(22)40-21)17-32-29(38)24-14-20-12-8-9-13-23(20)35(24)18-27(37)39-4-2/h5-15H,3-4,16-18H2,1-2H3,(H,32,38). The lowest BCUT2D eigenvalue weighted by Gasteiger charge is -2.12. The van der Waals surface area contributed by atoms with Gasteiger partial charge in [0.15, 0.2) is 11.6 Å². The van der Waals surface area contributed by atoms with Gasteiger partial charge in [-0.1, -0.05) is 55.5 Å². The quantitative estimate of drug-likeness (QED) is 0.281. The number of carbonyl (C=O) groups is 2. The third kappa shape index (κ3) is 4.71. The molecule has 6 rings (SSSR count). The lowest BCUT2D eigenvalue weighted by molar-refractivity contribution is -0.143. The summed E-state index contributed by atoms with van der Waals surface area (Å²) in [6.45, 7) is 4.65. The average Bonchev–Trinajstić information content (AvgIpc) is 3.66. The predicted octanol–water partition coefficient (Wildman–Crippen LogP) is 4.69. The summed E-state index contributed by atoms with van der Waals surface area (Å²) in [7, 11) is 0. The van der Waals surface area contributed by atoms with Crippen LogP contribution in [-0.4, -0.2) is 43.5 Å². The summed E-state index contributed by atoms with van der Waals surface area (Å²) in [5.41, 5.74) is 4.18. The van der Waals surface area contributed by atoms with Gasteiger partial charge in [-0.3, -0.25) is 19.1 Å². The van der Waals surface area contributed by atoms with Crippen molar-refractivity contribution in [3.8, 4) is 5.00 Å². The topological polar surface area (TPSA) is 103 Å². The van der Waals surface area contributed by atoms with Crippen molar-refractivity contribution in [2.75, 3.05) is 6.61 Å². The van der Waals surface area contributed by atoms with Gasteiger partial charge in [-0.15, -0.1) is 21.5 Å². The van der Waals surface area contributed by atoms with E-state index in [0.717, 1.165) is 45.0 Å². The van der Waals surface area contributed by atoms with Crippen LogP contribution in [0.4, 0.5) is 0 Å². The maximum absolute atomic E-state index is 13.5. The van der Waals surface area contributed by atoms with Crippen LogP contribution in [0.5, 0.6) is 0 Å². The lowest BCUT2D eigenvalue weighted by atomic mass is 10.0. The van der Waals surface area contributed by atoms with E-state index in [1.807, 2.05) is 47.0 Å². The van der Waals surface area contributed by atoms with Gasteiger partial charge in [0.25, 0.3) is 5.91 Å². The summed E-state index contributed by atoms with van der Waals surface area (Å²) in [5, 5.41) is 13.7. The summed E-state index contributed by atoms with van der Waals surface area (Å²) < 4.78 is 8.87. The molecular weight excluding hydrogens is 524 g/mol. The number of nitrogens with one attached hydrogen (secondary N) is 1. The first-order valence-electron chi connectivity index (χ1n) is 13.3. The molecular formula is C30H28N6O3S. The third-order valence-corrected chi connectivity index (χ3v) is 8.10. The second-order valence-corrected chi connectivity index (χ2v) is 10.5. The van der Waals surface area contributed by atoms with E-state index in [1.54, 1.807) is 28.9 Å². The molecule has 0 spiro atoms. The number of benzene rings is 2. The molecule has 1 aliphatic rings. The summed E-state index contributed by atoms with van der Waals surface area (Å²) in [6.07, 6.45) is 0.897. The molecule has 0 unspecified atom stereocenters. The Balaban J connectivity index is 1.31. The van der Waals surface area contributed by atoms with Crippen LogP contribution in [0.15, 0.2) is 71.7 Å². The van der Waals surface area contributed by atoms with Gasteiger partial charge >= 0.3 is 5.97 Å². The summed E-state index contributed by atoms with van der Waals surface area (Å²) in [6, 6.07) is 21.7. The molecule has 1 N–H and O–H groups in total. The molecule has 0 saturated carbocycles. The first-order chi connectivity index (χ1) is 19.6. The van der Waals surface area contributed by atoms with Gasteiger partial charge in [-0.2, -0.15) is 0 Å². The summed E-state index contributed by atoms with van der Waals surface area (Å²) in [5.74, 6) is 0.629. The van der Waals surface area contributed by atoms with Gasteiger partial charge < -0.3 is 14.6 Å². The first kappa shape index (κ1) is 25.7. The van der Waals surface area contributed by atoms with E-state index in [0.29, 0.717) is 18.1 Å². The van der Waals surface area contributed by atoms with Crippen LogP contribution in [0.3, 0.4) is 0 Å². The molecule has 0 radical (unpaired) electrons. The number of para-hydroxylation sites is 1. The number of amides is 1. The van der Waals surface area contributed by atoms with Crippen molar-refractivity contribution in [1.29, 1.82) is 0 Å². The Morgan fingerprint density at radius 1 is 1.02 bits per heavy atom. The largest absolute Gasteiger partial charge is 0.465 e. The van der Waals surface area contributed by atoms with Crippen LogP contribution in [0.25, 0.3) is 15.9 Å². The lowest BCUT2D eigenvalue weighted by Crippen LogP contribution is -2.28. The fourth-order valence-electron chi connectivity index (χ4n) is 4.98. The fraction of sp³-hybridized carbons (Fsp3) is 0.233. The van der Waals surface area contributed by atoms with Crippen LogP contribution in [0.1, 0.15) is 52.0 Å². The smallest absolute Gasteiger partial charge is 0.325 e. The van der Waals surface area contributed by atoms with Gasteiger partial charge in [0, 0.05) is 26.9 Å². The maximum Gasteiger partial charge on any atom is 0.325 e. The van der Waals surface area contributed by atoms with Gasteiger partial charge in [0.05, 0.1) is 18.9 Å². The van der Waals surface area contributed by atoms with Crippen LogP contribution in [0.2, 0.25) is 0 Å². The predicted molar refractivity (Wildman–Crippen MR) is 154 cm³/mol. The number of ether oxygens (including phenoxy) is 1. The Hall–Kier alpha value is -4.57. The SMILES string of the molecule is CCOC(=O)Cn1c(C(=O)NCc2nnc3n2-c2sc(CC)cc2C(c2ccccc2)=NC3)cc2ccccc21. The van der Waals surface area contributed by atoms with Crippen molar-refractivity contribution in [1.82, 2.24) is 24.6 Å². The van der Waals surface area contributed by atoms with E-state index in [-0.39, 0.29) is 25.6 Å². The molecule has 10 heteroatoms. The van der Waals surface area contributed by atoms with E-state index < -0.39 is 5.97 Å². The Labute approximate surface area is 235 Å². The Morgan fingerprint density at radius 2 is 1.82 bits per heavy atom. The van der Waals surface area contributed by atoms with Crippen molar-refractivity contribution >= 4 is 39.8 Å². The number of carbonyl (C=O) groups excluding carboxylic acids is 2. The zero-order valence-corrected chi connectivity index (χ0v) is 23.1. The summed E-state index contributed by atoms with van der Waals surface area (Å²) >= 11 is 1.69. The van der Waals surface area contributed by atoms with Gasteiger partial charge in [0.1, 0.15) is 23.8 Å². The number of fused-ring (bicyclic) bond motifs is 4. The second-order valence-electron chi connectivity index (χ2n) is 9.35. The minimum atomic E-state index is -0.396. The normalized spacial score (nSPS) is 12.4. The Kier molecular flexibility index (Phi) is 7.00. The van der Waals surface area contributed by atoms with Crippen LogP contribution < -0.4 is 5.32 Å². The van der Waals surface area contributed by atoms with Crippen molar-refractivity contribution in [3.63, 3.8) is 0 Å². The number of esters is 1. The highest BCUT2D eigenvalue weighted by molar-refractivity contribution is 7.15. The minimum Gasteiger partial charge on any atom is -0.465 e. The van der Waals surface area contributed by atoms with Gasteiger partial charge in [-0.05, 0) is 31.5 Å². The number of thiophene rings is 1. The molecule has 0 bridgehead atoms. The van der Waals surface area contributed by atoms with Crippen molar-refractivity contribution in [2.24, 2.45) is 4.99 Å². The van der Waals surface area contributed by atoms with E-state index in [4.69, 9.17) is 9.73 Å². The van der Waals surface area contributed by atoms with Crippen LogP contribution >= 0.6 is 11.3 Å². The molecule has 3 aromatic heterocycles. The third-order valence-electron chi connectivity index (χ3n) is 6.84. The molecule has 202 valence electrons. The average molecular weight is 553 g/mol. The minimum absolute atomic E-state index is 0.0532. The summed E-state index contributed by atoms with van der Waals surface area (Å²) in [4.78, 5) is 32.0. The van der Waals surface area contributed by atoms with Gasteiger partial charge in [-0.25, -0.2) is 0 Å². The zero-order chi connectivity index (χ0) is 27.6. The van der Waals surface area contributed by atoms with E-state index in [2.05, 4.69) is 40.6 Å². The Morgan fingerprint density at radius 3 is 2.62 bits per heavy atom. The van der Waals surface area contributed by atoms with Crippen molar-refractivity contribution < 1.29 is 14.3 Å². The van der Waals surface area contributed by atoms with Gasteiger partial charge in [0.2, 0.25) is 0 Å². The molecule has 40 heavy (non-hydrogen) atoms. The highest BCUT2D eigenvalue weighted by Crippen LogP contribution is 2.33. The molecule has 0 saturated heterocycles. The molecule has 0 fully saturated rings. The highest BCUT2D eigenvalue weighted by atomic mass is 32.1. The highest BCUT2D eigenvalue weighted by Gasteiger charge is 2.26. The number of rotatable bonds is 8. The molecule has 4 heterocycles. The number of aromatic nitrogens is 4. The molecule has 1 aliphatic heterocycles. The fourth-order valence-corrected chi connectivity index (χ4v) is 6.12. The van der Waals surface area contributed by atoms with Crippen molar-refractivity contribution in [3.05, 3.63) is 100 Å². The zero-order valence-electron chi connectivity index (χ0n) is 22.3. The number of hydrogen-bond acceptors (Lipinski definition) is 7. The number of aliphatic imine (C=N–C) groups is 1. The van der Waals surface area contributed by atoms with Crippen molar-refractivity contribution in [2.45, 2.75) is 39.9 Å². The molecule has 1 amide bonds. The Bertz CT molecular complexity index is 1750. The number of hydrogen-bond donors (Lipinski definition) is 1. The molecule has 5 aromatic rings.